The van der Waals surface area contributed by atoms with E-state index in [-0.39, 0.29) is 11.7 Å². The zero-order valence-electron chi connectivity index (χ0n) is 9.94. The maximum absolute atomic E-state index is 12.1. The third kappa shape index (κ3) is 2.41. The quantitative estimate of drug-likeness (QED) is 0.647. The summed E-state index contributed by atoms with van der Waals surface area (Å²) in [5.41, 5.74) is 5.96. The first-order valence-corrected chi connectivity index (χ1v) is 5.97. The summed E-state index contributed by atoms with van der Waals surface area (Å²) < 4.78 is 5.50. The van der Waals surface area contributed by atoms with E-state index in [1.54, 1.807) is 30.0 Å². The fraction of sp³-hybridized carbons (Fsp3) is 0.333. The molecule has 1 atom stereocenters. The monoisotopic (exact) mass is 267 g/mol. The van der Waals surface area contributed by atoms with Gasteiger partial charge in [0, 0.05) is 18.0 Å². The van der Waals surface area contributed by atoms with Gasteiger partial charge in [-0.1, -0.05) is 11.6 Å². The van der Waals surface area contributed by atoms with Crippen molar-refractivity contribution in [3.63, 3.8) is 0 Å². The van der Waals surface area contributed by atoms with Gasteiger partial charge in [-0.25, -0.2) is 0 Å². The number of ether oxygens (including phenoxy) is 1. The Labute approximate surface area is 110 Å². The van der Waals surface area contributed by atoms with Crippen LogP contribution in [0.5, 0.6) is 5.75 Å². The van der Waals surface area contributed by atoms with E-state index >= 15 is 0 Å². The number of amides is 1. The lowest BCUT2D eigenvalue weighted by Crippen LogP contribution is -2.45. The first kappa shape index (κ1) is 12.7. The largest absolute Gasteiger partial charge is 0.479 e. The first-order valence-electron chi connectivity index (χ1n) is 5.59. The van der Waals surface area contributed by atoms with E-state index in [1.807, 2.05) is 0 Å². The molecule has 3 N–H and O–H groups in total. The van der Waals surface area contributed by atoms with Gasteiger partial charge < -0.3 is 15.4 Å². The summed E-state index contributed by atoms with van der Waals surface area (Å²) in [5.74, 6) is 0.520. The molecular weight excluding hydrogens is 254 g/mol. The van der Waals surface area contributed by atoms with Gasteiger partial charge in [0.25, 0.3) is 5.91 Å². The predicted octanol–water partition coefficient (Wildman–Crippen LogP) is 1.78. The van der Waals surface area contributed by atoms with Crippen LogP contribution in [0.4, 0.5) is 5.69 Å². The van der Waals surface area contributed by atoms with E-state index in [9.17, 15) is 4.79 Å². The Kier molecular flexibility index (Phi) is 3.43. The fourth-order valence-electron chi connectivity index (χ4n) is 1.84. The molecule has 1 aliphatic heterocycles. The molecule has 1 heterocycles. The normalized spacial score (nSPS) is 18.2. The molecule has 0 fully saturated rings. The van der Waals surface area contributed by atoms with Crippen molar-refractivity contribution in [1.29, 1.82) is 5.41 Å². The summed E-state index contributed by atoms with van der Waals surface area (Å²) in [5, 5.41) is 7.77. The lowest BCUT2D eigenvalue weighted by molar-refractivity contribution is -0.125. The number of benzene rings is 1. The second-order valence-electron chi connectivity index (χ2n) is 4.14. The number of nitrogens with zero attached hydrogens (tertiary/aromatic N) is 1. The van der Waals surface area contributed by atoms with Crippen LogP contribution in [0.3, 0.4) is 0 Å². The zero-order chi connectivity index (χ0) is 13.3. The average Bonchev–Trinajstić information content (AvgIpc) is 2.30. The highest BCUT2D eigenvalue weighted by molar-refractivity contribution is 6.31. The number of hydrogen-bond acceptors (Lipinski definition) is 3. The molecule has 1 aliphatic rings. The Bertz CT molecular complexity index is 504. The smallest absolute Gasteiger partial charge is 0.267 e. The highest BCUT2D eigenvalue weighted by Gasteiger charge is 2.31. The van der Waals surface area contributed by atoms with Gasteiger partial charge in [-0.2, -0.15) is 0 Å². The Balaban J connectivity index is 2.34. The van der Waals surface area contributed by atoms with Gasteiger partial charge in [0.2, 0.25) is 0 Å². The van der Waals surface area contributed by atoms with E-state index in [2.05, 4.69) is 0 Å². The average molecular weight is 268 g/mol. The van der Waals surface area contributed by atoms with Crippen molar-refractivity contribution in [3.05, 3.63) is 23.2 Å². The minimum absolute atomic E-state index is 0.0468. The highest BCUT2D eigenvalue weighted by atomic mass is 35.5. The van der Waals surface area contributed by atoms with Gasteiger partial charge in [-0.15, -0.1) is 0 Å². The maximum atomic E-state index is 12.1. The van der Waals surface area contributed by atoms with Crippen LogP contribution in [0, 0.1) is 5.41 Å². The summed E-state index contributed by atoms with van der Waals surface area (Å²) in [7, 11) is 0. The molecular formula is C12H14ClN3O2. The molecule has 0 saturated heterocycles. The van der Waals surface area contributed by atoms with Crippen LogP contribution >= 0.6 is 11.6 Å². The number of rotatable bonds is 3. The maximum Gasteiger partial charge on any atom is 0.267 e. The third-order valence-corrected chi connectivity index (χ3v) is 2.97. The topological polar surface area (TPSA) is 79.4 Å². The van der Waals surface area contributed by atoms with Gasteiger partial charge in [-0.05, 0) is 25.1 Å². The van der Waals surface area contributed by atoms with Gasteiger partial charge in [0.05, 0.1) is 11.5 Å². The minimum Gasteiger partial charge on any atom is -0.479 e. The number of anilines is 1. The van der Waals surface area contributed by atoms with E-state index in [1.165, 1.54) is 0 Å². The summed E-state index contributed by atoms with van der Waals surface area (Å²) >= 11 is 5.93. The number of hydrogen-bond donors (Lipinski definition) is 2. The van der Waals surface area contributed by atoms with Crippen LogP contribution in [0.25, 0.3) is 0 Å². The van der Waals surface area contributed by atoms with Crippen LogP contribution in [-0.2, 0) is 4.79 Å². The minimum atomic E-state index is -0.536. The molecule has 0 bridgehead atoms. The number of amidine groups is 1. The van der Waals surface area contributed by atoms with Gasteiger partial charge >= 0.3 is 0 Å². The summed E-state index contributed by atoms with van der Waals surface area (Å²) in [6, 6.07) is 5.13. The van der Waals surface area contributed by atoms with Crippen LogP contribution in [0.2, 0.25) is 5.02 Å². The molecule has 1 aromatic rings. The highest BCUT2D eigenvalue weighted by Crippen LogP contribution is 2.36. The van der Waals surface area contributed by atoms with E-state index in [0.717, 1.165) is 0 Å². The molecule has 0 saturated carbocycles. The SMILES string of the molecule is CC1Oc2ccc(Cl)cc2N(CCC(=N)N)C1=O. The molecule has 0 radical (unpaired) electrons. The van der Waals surface area contributed by atoms with Crippen molar-refractivity contribution >= 4 is 29.0 Å². The third-order valence-electron chi connectivity index (χ3n) is 2.73. The zero-order valence-corrected chi connectivity index (χ0v) is 10.7. The van der Waals surface area contributed by atoms with E-state index < -0.39 is 6.10 Å². The second-order valence-corrected chi connectivity index (χ2v) is 4.57. The number of nitrogens with one attached hydrogen (secondary N) is 1. The summed E-state index contributed by atoms with van der Waals surface area (Å²) in [4.78, 5) is 13.6. The van der Waals surface area contributed by atoms with Gasteiger partial charge in [-0.3, -0.25) is 10.2 Å². The molecule has 0 spiro atoms. The van der Waals surface area contributed by atoms with Crippen LogP contribution < -0.4 is 15.4 Å². The predicted molar refractivity (Wildman–Crippen MR) is 70.4 cm³/mol. The number of carbonyl (C=O) groups excluding carboxylic acids is 1. The number of carbonyl (C=O) groups is 1. The van der Waals surface area contributed by atoms with Crippen LogP contribution in [0.1, 0.15) is 13.3 Å². The molecule has 96 valence electrons. The molecule has 6 heteroatoms. The number of fused-ring (bicyclic) bond motifs is 1. The molecule has 0 aliphatic carbocycles. The Morgan fingerprint density at radius 3 is 3.00 bits per heavy atom. The lowest BCUT2D eigenvalue weighted by Gasteiger charge is -2.33. The van der Waals surface area contributed by atoms with Crippen molar-refractivity contribution in [2.24, 2.45) is 5.73 Å². The Morgan fingerprint density at radius 1 is 1.61 bits per heavy atom. The van der Waals surface area contributed by atoms with Crippen molar-refractivity contribution < 1.29 is 9.53 Å². The van der Waals surface area contributed by atoms with Gasteiger partial charge in [0.15, 0.2) is 6.10 Å². The number of halogens is 1. The van der Waals surface area contributed by atoms with Crippen LogP contribution in [0.15, 0.2) is 18.2 Å². The second kappa shape index (κ2) is 4.86. The molecule has 1 unspecified atom stereocenters. The van der Waals surface area contributed by atoms with E-state index in [0.29, 0.717) is 29.4 Å². The van der Waals surface area contributed by atoms with Crippen molar-refractivity contribution in [2.45, 2.75) is 19.4 Å². The first-order chi connectivity index (χ1) is 8.49. The Morgan fingerprint density at radius 2 is 2.33 bits per heavy atom. The van der Waals surface area contributed by atoms with Gasteiger partial charge in [0.1, 0.15) is 5.75 Å². The summed E-state index contributed by atoms with van der Waals surface area (Å²) in [6.45, 7) is 2.05. The number of nitrogens with two attached hydrogens (primary N) is 1. The summed E-state index contributed by atoms with van der Waals surface area (Å²) in [6.07, 6.45) is -0.213. The van der Waals surface area contributed by atoms with Crippen molar-refractivity contribution in [3.8, 4) is 5.75 Å². The molecule has 5 nitrogen and oxygen atoms in total. The molecule has 1 aromatic carbocycles. The molecule has 2 rings (SSSR count). The Hall–Kier alpha value is -1.75. The van der Waals surface area contributed by atoms with Crippen molar-refractivity contribution in [2.75, 3.05) is 11.4 Å². The fourth-order valence-corrected chi connectivity index (χ4v) is 2.01. The van der Waals surface area contributed by atoms with E-state index in [4.69, 9.17) is 27.5 Å². The molecule has 18 heavy (non-hydrogen) atoms. The van der Waals surface area contributed by atoms with Crippen molar-refractivity contribution in [1.82, 2.24) is 0 Å². The van der Waals surface area contributed by atoms with Crippen LogP contribution in [-0.4, -0.2) is 24.4 Å². The lowest BCUT2D eigenvalue weighted by atomic mass is 10.1. The molecule has 0 aromatic heterocycles. The molecule has 1 amide bonds. The standard InChI is InChI=1S/C12H14ClN3O2/c1-7-12(17)16(5-4-11(14)15)9-6-8(13)2-3-10(9)18-7/h2-3,6-7H,4-5H2,1H3,(H3,14,15).